The summed E-state index contributed by atoms with van der Waals surface area (Å²) in [5.74, 6) is -0.175. The highest BCUT2D eigenvalue weighted by Crippen LogP contribution is 2.22. The number of benzene rings is 1. The number of pyridine rings is 1. The molecule has 1 fully saturated rings. The number of anilines is 1. The van der Waals surface area contributed by atoms with Gasteiger partial charge < -0.3 is 16.0 Å². The van der Waals surface area contributed by atoms with Gasteiger partial charge in [-0.15, -0.1) is 0 Å². The van der Waals surface area contributed by atoms with Crippen LogP contribution in [0.4, 0.5) is 10.5 Å². The number of hydrogen-bond acceptors (Lipinski definition) is 5. The Labute approximate surface area is 169 Å². The first-order valence-corrected chi connectivity index (χ1v) is 10.6. The molecule has 1 aromatic carbocycles. The lowest BCUT2D eigenvalue weighted by Crippen LogP contribution is -2.37. The molecule has 1 aliphatic rings. The van der Waals surface area contributed by atoms with Gasteiger partial charge in [0.15, 0.2) is 0 Å². The van der Waals surface area contributed by atoms with E-state index in [-0.39, 0.29) is 23.4 Å². The SMILES string of the molecule is CC(=O)N[C@H]1CCN(S(=O)(=O)c2ccc(NC(=O)NCc3cccnc3)cc2)C1. The van der Waals surface area contributed by atoms with Crippen LogP contribution < -0.4 is 16.0 Å². The molecule has 29 heavy (non-hydrogen) atoms. The summed E-state index contributed by atoms with van der Waals surface area (Å²) in [6.45, 7) is 2.34. The van der Waals surface area contributed by atoms with Crippen molar-refractivity contribution in [2.75, 3.05) is 18.4 Å². The second-order valence-electron chi connectivity index (χ2n) is 6.74. The molecule has 1 saturated heterocycles. The summed E-state index contributed by atoms with van der Waals surface area (Å²) < 4.78 is 26.9. The predicted octanol–water partition coefficient (Wildman–Crippen LogP) is 1.30. The molecule has 3 rings (SSSR count). The number of rotatable bonds is 6. The van der Waals surface area contributed by atoms with E-state index >= 15 is 0 Å². The van der Waals surface area contributed by atoms with Crippen molar-refractivity contribution in [1.82, 2.24) is 19.9 Å². The molecule has 3 amide bonds. The van der Waals surface area contributed by atoms with Crippen LogP contribution in [-0.4, -0.2) is 48.8 Å². The van der Waals surface area contributed by atoms with Crippen molar-refractivity contribution in [1.29, 1.82) is 0 Å². The fourth-order valence-electron chi connectivity index (χ4n) is 3.07. The quantitative estimate of drug-likeness (QED) is 0.654. The number of nitrogens with zero attached hydrogens (tertiary/aromatic N) is 2. The second kappa shape index (κ2) is 9.01. The summed E-state index contributed by atoms with van der Waals surface area (Å²) in [4.78, 5) is 27.3. The van der Waals surface area contributed by atoms with Crippen molar-refractivity contribution in [3.05, 3.63) is 54.4 Å². The van der Waals surface area contributed by atoms with Gasteiger partial charge in [0.2, 0.25) is 15.9 Å². The average molecular weight is 417 g/mol. The zero-order valence-corrected chi connectivity index (χ0v) is 16.8. The van der Waals surface area contributed by atoms with Gasteiger partial charge in [0, 0.05) is 50.7 Å². The fourth-order valence-corrected chi connectivity index (χ4v) is 4.57. The van der Waals surface area contributed by atoms with Crippen LogP contribution in [0.3, 0.4) is 0 Å². The van der Waals surface area contributed by atoms with Gasteiger partial charge in [-0.2, -0.15) is 4.31 Å². The van der Waals surface area contributed by atoms with Gasteiger partial charge >= 0.3 is 6.03 Å². The minimum Gasteiger partial charge on any atom is -0.352 e. The third-order valence-electron chi connectivity index (χ3n) is 4.48. The largest absolute Gasteiger partial charge is 0.352 e. The van der Waals surface area contributed by atoms with E-state index < -0.39 is 16.1 Å². The number of amides is 3. The van der Waals surface area contributed by atoms with E-state index in [2.05, 4.69) is 20.9 Å². The molecular formula is C19H23N5O4S. The van der Waals surface area contributed by atoms with Crippen LogP contribution in [0, 0.1) is 0 Å². The minimum atomic E-state index is -3.65. The Bertz CT molecular complexity index is 964. The number of sulfonamides is 1. The molecule has 0 radical (unpaired) electrons. The third-order valence-corrected chi connectivity index (χ3v) is 6.36. The van der Waals surface area contributed by atoms with E-state index in [0.29, 0.717) is 25.2 Å². The summed E-state index contributed by atoms with van der Waals surface area (Å²) >= 11 is 0. The molecule has 9 nitrogen and oxygen atoms in total. The van der Waals surface area contributed by atoms with Crippen molar-refractivity contribution in [2.24, 2.45) is 0 Å². The van der Waals surface area contributed by atoms with Crippen molar-refractivity contribution >= 4 is 27.6 Å². The van der Waals surface area contributed by atoms with Crippen LogP contribution in [-0.2, 0) is 21.4 Å². The molecular weight excluding hydrogens is 394 g/mol. The van der Waals surface area contributed by atoms with Crippen LogP contribution in [0.15, 0.2) is 53.7 Å². The van der Waals surface area contributed by atoms with Gasteiger partial charge in [0.25, 0.3) is 0 Å². The first kappa shape index (κ1) is 20.7. The molecule has 0 aliphatic carbocycles. The number of urea groups is 1. The molecule has 2 heterocycles. The Morgan fingerprint density at radius 2 is 1.97 bits per heavy atom. The number of hydrogen-bond donors (Lipinski definition) is 3. The molecule has 0 saturated carbocycles. The van der Waals surface area contributed by atoms with Crippen LogP contribution in [0.2, 0.25) is 0 Å². The smallest absolute Gasteiger partial charge is 0.319 e. The van der Waals surface area contributed by atoms with Crippen molar-refractivity contribution < 1.29 is 18.0 Å². The maximum absolute atomic E-state index is 12.8. The second-order valence-corrected chi connectivity index (χ2v) is 8.68. The van der Waals surface area contributed by atoms with Crippen molar-refractivity contribution in [3.8, 4) is 0 Å². The molecule has 1 atom stereocenters. The van der Waals surface area contributed by atoms with Crippen LogP contribution in [0.1, 0.15) is 18.9 Å². The monoisotopic (exact) mass is 417 g/mol. The van der Waals surface area contributed by atoms with E-state index in [9.17, 15) is 18.0 Å². The highest BCUT2D eigenvalue weighted by Gasteiger charge is 2.32. The van der Waals surface area contributed by atoms with Crippen LogP contribution >= 0.6 is 0 Å². The zero-order chi connectivity index (χ0) is 20.9. The molecule has 1 aromatic heterocycles. The normalized spacial score (nSPS) is 16.9. The predicted molar refractivity (Wildman–Crippen MR) is 108 cm³/mol. The topological polar surface area (TPSA) is 121 Å². The Hall–Kier alpha value is -2.98. The first-order chi connectivity index (χ1) is 13.8. The number of aromatic nitrogens is 1. The van der Waals surface area contributed by atoms with E-state index in [0.717, 1.165) is 5.56 Å². The summed E-state index contributed by atoms with van der Waals surface area (Å²) in [7, 11) is -3.65. The van der Waals surface area contributed by atoms with Gasteiger partial charge in [-0.05, 0) is 42.3 Å². The summed E-state index contributed by atoms with van der Waals surface area (Å²) in [6, 6.07) is 9.05. The van der Waals surface area contributed by atoms with Crippen LogP contribution in [0.25, 0.3) is 0 Å². The summed E-state index contributed by atoms with van der Waals surface area (Å²) in [6.07, 6.45) is 3.89. The molecule has 0 unspecified atom stereocenters. The van der Waals surface area contributed by atoms with Crippen molar-refractivity contribution in [3.63, 3.8) is 0 Å². The molecule has 10 heteroatoms. The average Bonchev–Trinajstić information content (AvgIpc) is 3.16. The molecule has 0 bridgehead atoms. The number of carbonyl (C=O) groups excluding carboxylic acids is 2. The summed E-state index contributed by atoms with van der Waals surface area (Å²) in [5, 5.41) is 8.12. The third kappa shape index (κ3) is 5.52. The van der Waals surface area contributed by atoms with Gasteiger partial charge in [-0.1, -0.05) is 6.07 Å². The van der Waals surface area contributed by atoms with Crippen LogP contribution in [0.5, 0.6) is 0 Å². The lowest BCUT2D eigenvalue weighted by atomic mass is 10.3. The van der Waals surface area contributed by atoms with Gasteiger partial charge in [0.1, 0.15) is 0 Å². The molecule has 1 aliphatic heterocycles. The van der Waals surface area contributed by atoms with E-state index in [1.54, 1.807) is 18.5 Å². The fraction of sp³-hybridized carbons (Fsp3) is 0.316. The molecule has 154 valence electrons. The Balaban J connectivity index is 1.56. The molecule has 2 aromatic rings. The van der Waals surface area contributed by atoms with Gasteiger partial charge in [-0.3, -0.25) is 9.78 Å². The van der Waals surface area contributed by atoms with E-state index in [1.807, 2.05) is 6.07 Å². The Morgan fingerprint density at radius 3 is 2.62 bits per heavy atom. The van der Waals surface area contributed by atoms with Crippen molar-refractivity contribution in [2.45, 2.75) is 30.8 Å². The lowest BCUT2D eigenvalue weighted by Gasteiger charge is -2.17. The summed E-state index contributed by atoms with van der Waals surface area (Å²) in [5.41, 5.74) is 1.34. The standard InChI is InChI=1S/C19H23N5O4S/c1-14(25)22-17-8-10-24(13-17)29(27,28)18-6-4-16(5-7-18)23-19(26)21-12-15-3-2-9-20-11-15/h2-7,9,11,17H,8,10,12-13H2,1H3,(H,22,25)(H2,21,23,26)/t17-/m0/s1. The lowest BCUT2D eigenvalue weighted by molar-refractivity contribution is -0.119. The highest BCUT2D eigenvalue weighted by atomic mass is 32.2. The Kier molecular flexibility index (Phi) is 6.45. The maximum Gasteiger partial charge on any atom is 0.319 e. The molecule has 0 spiro atoms. The molecule has 3 N–H and O–H groups in total. The highest BCUT2D eigenvalue weighted by molar-refractivity contribution is 7.89. The maximum atomic E-state index is 12.8. The zero-order valence-electron chi connectivity index (χ0n) is 16.0. The number of nitrogens with one attached hydrogen (secondary N) is 3. The first-order valence-electron chi connectivity index (χ1n) is 9.15. The number of carbonyl (C=O) groups is 2. The van der Waals surface area contributed by atoms with E-state index in [1.165, 1.54) is 35.5 Å². The van der Waals surface area contributed by atoms with Gasteiger partial charge in [0.05, 0.1) is 4.90 Å². The minimum absolute atomic E-state index is 0.141. The van der Waals surface area contributed by atoms with Gasteiger partial charge in [-0.25, -0.2) is 13.2 Å². The van der Waals surface area contributed by atoms with E-state index in [4.69, 9.17) is 0 Å². The Morgan fingerprint density at radius 1 is 1.21 bits per heavy atom.